The third-order valence-electron chi connectivity index (χ3n) is 6.10. The van der Waals surface area contributed by atoms with Crippen molar-refractivity contribution in [2.24, 2.45) is 0 Å². The summed E-state index contributed by atoms with van der Waals surface area (Å²) < 4.78 is 34.4. The maximum absolute atomic E-state index is 13.6. The van der Waals surface area contributed by atoms with Gasteiger partial charge in [0.1, 0.15) is 10.7 Å². The predicted octanol–water partition coefficient (Wildman–Crippen LogP) is 6.43. The molecule has 2 heterocycles. The van der Waals surface area contributed by atoms with Crippen molar-refractivity contribution in [3.05, 3.63) is 76.2 Å². The van der Waals surface area contributed by atoms with Crippen molar-refractivity contribution in [1.29, 1.82) is 0 Å². The van der Waals surface area contributed by atoms with Gasteiger partial charge in [-0.1, -0.05) is 36.5 Å². The maximum Gasteiger partial charge on any atom is 0.263 e. The molecule has 10 heteroatoms. The Labute approximate surface area is 222 Å². The van der Waals surface area contributed by atoms with Gasteiger partial charge in [-0.15, -0.1) is 0 Å². The molecular formula is C26H29Cl2N3O4S. The Morgan fingerprint density at radius 3 is 2.58 bits per heavy atom. The number of hydrogen-bond donors (Lipinski definition) is 1. The highest BCUT2D eigenvalue weighted by Crippen LogP contribution is 2.31. The molecule has 1 saturated heterocycles. The number of benzene rings is 2. The average Bonchev–Trinajstić information content (AvgIpc) is 3.57. The number of carbonyl (C=O) groups excluding carboxylic acids is 1. The third kappa shape index (κ3) is 6.17. The van der Waals surface area contributed by atoms with Crippen molar-refractivity contribution in [3.63, 3.8) is 0 Å². The summed E-state index contributed by atoms with van der Waals surface area (Å²) in [6.45, 7) is 4.69. The normalized spacial score (nSPS) is 13.7. The molecule has 4 rings (SSSR count). The van der Waals surface area contributed by atoms with Crippen LogP contribution < -0.4 is 9.62 Å². The number of nitrogens with zero attached hydrogens (tertiary/aromatic N) is 2. The first-order chi connectivity index (χ1) is 17.3. The van der Waals surface area contributed by atoms with Gasteiger partial charge in [-0.2, -0.15) is 0 Å². The Balaban J connectivity index is 1.72. The number of unbranched alkanes of at least 4 members (excludes halogenated alkanes) is 1. The Morgan fingerprint density at radius 1 is 1.11 bits per heavy atom. The van der Waals surface area contributed by atoms with E-state index < -0.39 is 10.0 Å². The number of hydrogen-bond acceptors (Lipinski definition) is 5. The van der Waals surface area contributed by atoms with Crippen LogP contribution in [0.5, 0.6) is 0 Å². The van der Waals surface area contributed by atoms with Crippen LogP contribution in [-0.2, 0) is 16.6 Å². The number of sulfonamides is 1. The van der Waals surface area contributed by atoms with E-state index in [2.05, 4.69) is 16.5 Å². The minimum Gasteiger partial charge on any atom is -0.467 e. The van der Waals surface area contributed by atoms with Gasteiger partial charge in [-0.05, 0) is 67.8 Å². The monoisotopic (exact) mass is 549 g/mol. The molecule has 0 spiro atoms. The molecule has 1 aromatic heterocycles. The summed E-state index contributed by atoms with van der Waals surface area (Å²) in [4.78, 5) is 17.4. The predicted molar refractivity (Wildman–Crippen MR) is 144 cm³/mol. The average molecular weight is 551 g/mol. The van der Waals surface area contributed by atoms with Crippen molar-refractivity contribution in [1.82, 2.24) is 4.90 Å². The smallest absolute Gasteiger partial charge is 0.263 e. The van der Waals surface area contributed by atoms with Crippen LogP contribution >= 0.6 is 23.2 Å². The second-order valence-corrected chi connectivity index (χ2v) is 11.3. The van der Waals surface area contributed by atoms with Crippen LogP contribution in [0.15, 0.2) is 64.1 Å². The molecule has 0 radical (unpaired) electrons. The molecule has 0 saturated carbocycles. The lowest BCUT2D eigenvalue weighted by Crippen LogP contribution is -2.31. The molecule has 2 aromatic carbocycles. The zero-order chi connectivity index (χ0) is 25.7. The van der Waals surface area contributed by atoms with Crippen LogP contribution in [0.1, 0.15) is 48.7 Å². The van der Waals surface area contributed by atoms with Gasteiger partial charge in [-0.25, -0.2) is 8.42 Å². The highest BCUT2D eigenvalue weighted by atomic mass is 35.5. The minimum atomic E-state index is -4.04. The highest BCUT2D eigenvalue weighted by molar-refractivity contribution is 7.92. The van der Waals surface area contributed by atoms with E-state index in [1.54, 1.807) is 24.5 Å². The zero-order valence-corrected chi connectivity index (χ0v) is 22.4. The number of likely N-dealkylation sites (tertiary alicyclic amines) is 1. The number of carbonyl (C=O) groups is 1. The van der Waals surface area contributed by atoms with Crippen molar-refractivity contribution in [2.45, 2.75) is 44.0 Å². The fourth-order valence-corrected chi connectivity index (χ4v) is 6.07. The fraction of sp³-hybridized carbons (Fsp3) is 0.346. The van der Waals surface area contributed by atoms with Gasteiger partial charge in [0, 0.05) is 30.3 Å². The molecular weight excluding hydrogens is 521 g/mol. The third-order valence-corrected chi connectivity index (χ3v) is 8.20. The van der Waals surface area contributed by atoms with Crippen molar-refractivity contribution in [2.75, 3.05) is 29.3 Å². The highest BCUT2D eigenvalue weighted by Gasteiger charge is 2.26. The zero-order valence-electron chi connectivity index (χ0n) is 20.0. The Morgan fingerprint density at radius 2 is 1.89 bits per heavy atom. The summed E-state index contributed by atoms with van der Waals surface area (Å²) in [5, 5.41) is 0.311. The first kappa shape index (κ1) is 26.4. The van der Waals surface area contributed by atoms with Crippen LogP contribution in [0.2, 0.25) is 10.0 Å². The number of anilines is 2. The Bertz CT molecular complexity index is 1310. The Hall–Kier alpha value is -2.68. The Kier molecular flexibility index (Phi) is 8.49. The second-order valence-electron chi connectivity index (χ2n) is 8.77. The van der Waals surface area contributed by atoms with Crippen molar-refractivity contribution >= 4 is 50.5 Å². The topological polar surface area (TPSA) is 82.9 Å². The first-order valence-electron chi connectivity index (χ1n) is 12.0. The van der Waals surface area contributed by atoms with Gasteiger partial charge < -0.3 is 14.2 Å². The van der Waals surface area contributed by atoms with E-state index in [1.165, 1.54) is 18.2 Å². The van der Waals surface area contributed by atoms with E-state index in [4.69, 9.17) is 27.6 Å². The first-order valence-corrected chi connectivity index (χ1v) is 14.2. The summed E-state index contributed by atoms with van der Waals surface area (Å²) in [5.74, 6) is 0.663. The van der Waals surface area contributed by atoms with Gasteiger partial charge in [0.05, 0.1) is 29.1 Å². The lowest BCUT2D eigenvalue weighted by atomic mass is 10.1. The van der Waals surface area contributed by atoms with Crippen LogP contribution in [0.25, 0.3) is 0 Å². The minimum absolute atomic E-state index is 0.0566. The fourth-order valence-electron chi connectivity index (χ4n) is 4.25. The standard InChI is InChI=1S/C26H29Cl2N3O4S/c1-2-3-12-31(18-21-7-6-15-35-21)24-11-9-20(17-22(24)26(32)30-13-4-5-14-30)29-36(33,34)25-16-19(27)8-10-23(25)28/h6-11,15-17,29H,2-5,12-14,18H2,1H3. The number of amides is 1. The largest absolute Gasteiger partial charge is 0.467 e. The summed E-state index contributed by atoms with van der Waals surface area (Å²) in [7, 11) is -4.04. The molecule has 1 N–H and O–H groups in total. The van der Waals surface area contributed by atoms with E-state index in [-0.39, 0.29) is 26.5 Å². The molecule has 1 aliphatic heterocycles. The molecule has 7 nitrogen and oxygen atoms in total. The molecule has 3 aromatic rings. The molecule has 0 aliphatic carbocycles. The summed E-state index contributed by atoms with van der Waals surface area (Å²) >= 11 is 12.2. The van der Waals surface area contributed by atoms with Crippen LogP contribution in [0, 0.1) is 0 Å². The van der Waals surface area contributed by atoms with E-state index in [1.807, 2.05) is 17.0 Å². The number of furan rings is 1. The number of rotatable bonds is 10. The van der Waals surface area contributed by atoms with Gasteiger partial charge in [-0.3, -0.25) is 9.52 Å². The van der Waals surface area contributed by atoms with Gasteiger partial charge in [0.2, 0.25) is 0 Å². The van der Waals surface area contributed by atoms with Crippen molar-refractivity contribution < 1.29 is 17.6 Å². The molecule has 0 bridgehead atoms. The van der Waals surface area contributed by atoms with E-state index in [9.17, 15) is 13.2 Å². The molecule has 36 heavy (non-hydrogen) atoms. The quantitative estimate of drug-likeness (QED) is 0.315. The second kappa shape index (κ2) is 11.6. The molecule has 0 unspecified atom stereocenters. The summed E-state index contributed by atoms with van der Waals surface area (Å²) in [5.41, 5.74) is 1.45. The summed E-state index contributed by atoms with van der Waals surface area (Å²) in [6.07, 6.45) is 5.45. The van der Waals surface area contributed by atoms with E-state index in [0.717, 1.165) is 43.7 Å². The summed E-state index contributed by atoms with van der Waals surface area (Å²) in [6, 6.07) is 13.0. The van der Waals surface area contributed by atoms with Crippen LogP contribution in [-0.4, -0.2) is 38.9 Å². The van der Waals surface area contributed by atoms with Crippen LogP contribution in [0.4, 0.5) is 11.4 Å². The van der Waals surface area contributed by atoms with Gasteiger partial charge in [0.25, 0.3) is 15.9 Å². The van der Waals surface area contributed by atoms with Crippen molar-refractivity contribution in [3.8, 4) is 0 Å². The molecule has 192 valence electrons. The molecule has 1 amide bonds. The SMILES string of the molecule is CCCCN(Cc1ccco1)c1ccc(NS(=O)(=O)c2cc(Cl)ccc2Cl)cc1C(=O)N1CCCC1. The molecule has 0 atom stereocenters. The van der Waals surface area contributed by atoms with Crippen LogP contribution in [0.3, 0.4) is 0 Å². The molecule has 1 fully saturated rings. The molecule has 1 aliphatic rings. The van der Waals surface area contributed by atoms with E-state index >= 15 is 0 Å². The lowest BCUT2D eigenvalue weighted by Gasteiger charge is -2.28. The lowest BCUT2D eigenvalue weighted by molar-refractivity contribution is 0.0793. The van der Waals surface area contributed by atoms with Gasteiger partial charge in [0.15, 0.2) is 0 Å². The van der Waals surface area contributed by atoms with Gasteiger partial charge >= 0.3 is 0 Å². The maximum atomic E-state index is 13.6. The van der Waals surface area contributed by atoms with E-state index in [0.29, 0.717) is 25.2 Å². The number of nitrogens with one attached hydrogen (secondary N) is 1. The number of halogens is 2.